The summed E-state index contributed by atoms with van der Waals surface area (Å²) in [5, 5.41) is 3.30. The van der Waals surface area contributed by atoms with Crippen molar-refractivity contribution in [3.63, 3.8) is 0 Å². The summed E-state index contributed by atoms with van der Waals surface area (Å²) in [6, 6.07) is 6.89. The van der Waals surface area contributed by atoms with Crippen LogP contribution < -0.4 is 5.32 Å². The zero-order chi connectivity index (χ0) is 10.8. The lowest BCUT2D eigenvalue weighted by atomic mass is 9.69. The van der Waals surface area contributed by atoms with Crippen molar-refractivity contribution in [1.82, 2.24) is 5.32 Å². The Kier molecular flexibility index (Phi) is 3.11. The topological polar surface area (TPSA) is 12.0 Å². The van der Waals surface area contributed by atoms with E-state index in [0.717, 1.165) is 18.4 Å². The monoisotopic (exact) mass is 203 g/mol. The highest BCUT2D eigenvalue weighted by Gasteiger charge is 2.31. The van der Waals surface area contributed by atoms with Gasteiger partial charge in [-0.05, 0) is 63.2 Å². The quantitative estimate of drug-likeness (QED) is 0.796. The van der Waals surface area contributed by atoms with E-state index in [9.17, 15) is 0 Å². The average Bonchev–Trinajstić information content (AvgIpc) is 2.17. The zero-order valence-corrected chi connectivity index (χ0v) is 10.0. The molecule has 2 rings (SSSR count). The first-order valence-corrected chi connectivity index (χ1v) is 5.94. The molecule has 1 N–H and O–H groups in total. The molecule has 0 bridgehead atoms. The summed E-state index contributed by atoms with van der Waals surface area (Å²) in [7, 11) is 2.05. The average molecular weight is 203 g/mol. The molecule has 0 amide bonds. The SMILES string of the molecule is CNCC1CCC1c1ccc(C)cc1C. The van der Waals surface area contributed by atoms with Gasteiger partial charge in [-0.15, -0.1) is 0 Å². The lowest BCUT2D eigenvalue weighted by Gasteiger charge is -2.38. The Morgan fingerprint density at radius 3 is 2.60 bits per heavy atom. The van der Waals surface area contributed by atoms with Crippen molar-refractivity contribution >= 4 is 0 Å². The van der Waals surface area contributed by atoms with Crippen molar-refractivity contribution in [2.75, 3.05) is 13.6 Å². The van der Waals surface area contributed by atoms with Gasteiger partial charge in [-0.25, -0.2) is 0 Å². The Hall–Kier alpha value is -0.820. The van der Waals surface area contributed by atoms with E-state index in [2.05, 4.69) is 44.4 Å². The molecule has 2 unspecified atom stereocenters. The fraction of sp³-hybridized carbons (Fsp3) is 0.571. The molecule has 2 atom stereocenters. The summed E-state index contributed by atoms with van der Waals surface area (Å²) >= 11 is 0. The van der Waals surface area contributed by atoms with Gasteiger partial charge in [0.25, 0.3) is 0 Å². The first kappa shape index (κ1) is 10.7. The predicted octanol–water partition coefficient (Wildman–Crippen LogP) is 3.02. The summed E-state index contributed by atoms with van der Waals surface area (Å²) in [4.78, 5) is 0. The second-order valence-corrected chi connectivity index (χ2v) is 4.86. The summed E-state index contributed by atoms with van der Waals surface area (Å²) in [6.07, 6.45) is 2.76. The van der Waals surface area contributed by atoms with Crippen LogP contribution in [0.3, 0.4) is 0 Å². The highest BCUT2D eigenvalue weighted by molar-refractivity contribution is 5.34. The molecule has 0 aromatic heterocycles. The molecule has 0 heterocycles. The Morgan fingerprint density at radius 1 is 1.27 bits per heavy atom. The third-order valence-corrected chi connectivity index (χ3v) is 3.71. The van der Waals surface area contributed by atoms with Gasteiger partial charge in [0, 0.05) is 0 Å². The molecule has 0 aliphatic heterocycles. The predicted molar refractivity (Wildman–Crippen MR) is 65.3 cm³/mol. The Labute approximate surface area is 92.9 Å². The summed E-state index contributed by atoms with van der Waals surface area (Å²) in [6.45, 7) is 5.58. The minimum atomic E-state index is 0.804. The van der Waals surface area contributed by atoms with Crippen molar-refractivity contribution in [1.29, 1.82) is 0 Å². The van der Waals surface area contributed by atoms with E-state index < -0.39 is 0 Å². The van der Waals surface area contributed by atoms with Gasteiger partial charge in [0.2, 0.25) is 0 Å². The smallest absolute Gasteiger partial charge is 0.00177 e. The van der Waals surface area contributed by atoms with E-state index in [4.69, 9.17) is 0 Å². The van der Waals surface area contributed by atoms with Gasteiger partial charge in [0.15, 0.2) is 0 Å². The van der Waals surface area contributed by atoms with Gasteiger partial charge in [-0.3, -0.25) is 0 Å². The van der Waals surface area contributed by atoms with Gasteiger partial charge in [-0.1, -0.05) is 23.8 Å². The minimum absolute atomic E-state index is 0.804. The summed E-state index contributed by atoms with van der Waals surface area (Å²) in [5.41, 5.74) is 4.42. The van der Waals surface area contributed by atoms with Gasteiger partial charge in [0.05, 0.1) is 0 Å². The molecular formula is C14H21N. The zero-order valence-electron chi connectivity index (χ0n) is 10.0. The molecule has 1 aliphatic carbocycles. The fourth-order valence-electron chi connectivity index (χ4n) is 2.73. The van der Waals surface area contributed by atoms with E-state index in [1.54, 1.807) is 5.56 Å². The van der Waals surface area contributed by atoms with Crippen molar-refractivity contribution < 1.29 is 0 Å². The van der Waals surface area contributed by atoms with Crippen LogP contribution in [0.25, 0.3) is 0 Å². The lowest BCUT2D eigenvalue weighted by Crippen LogP contribution is -2.32. The van der Waals surface area contributed by atoms with Gasteiger partial charge >= 0.3 is 0 Å². The Bertz CT molecular complexity index is 343. The van der Waals surface area contributed by atoms with Crippen molar-refractivity contribution in [3.8, 4) is 0 Å². The molecule has 1 heteroatoms. The van der Waals surface area contributed by atoms with Crippen molar-refractivity contribution in [3.05, 3.63) is 34.9 Å². The molecular weight excluding hydrogens is 182 g/mol. The maximum absolute atomic E-state index is 3.30. The van der Waals surface area contributed by atoms with Crippen molar-refractivity contribution in [2.24, 2.45) is 5.92 Å². The number of hydrogen-bond acceptors (Lipinski definition) is 1. The van der Waals surface area contributed by atoms with Crippen LogP contribution in [-0.4, -0.2) is 13.6 Å². The normalized spacial score (nSPS) is 25.0. The number of hydrogen-bond donors (Lipinski definition) is 1. The highest BCUT2D eigenvalue weighted by Crippen LogP contribution is 2.43. The summed E-state index contributed by atoms with van der Waals surface area (Å²) < 4.78 is 0. The number of aryl methyl sites for hydroxylation is 2. The van der Waals surface area contributed by atoms with Crippen LogP contribution in [0.5, 0.6) is 0 Å². The van der Waals surface area contributed by atoms with Crippen LogP contribution >= 0.6 is 0 Å². The first-order chi connectivity index (χ1) is 7.22. The third kappa shape index (κ3) is 2.07. The lowest BCUT2D eigenvalue weighted by molar-refractivity contribution is 0.250. The molecule has 1 saturated carbocycles. The molecule has 0 saturated heterocycles. The summed E-state index contributed by atoms with van der Waals surface area (Å²) in [5.74, 6) is 1.66. The molecule has 0 radical (unpaired) electrons. The van der Waals surface area contributed by atoms with E-state index in [1.807, 2.05) is 0 Å². The molecule has 1 aromatic carbocycles. The Morgan fingerprint density at radius 2 is 2.07 bits per heavy atom. The van der Waals surface area contributed by atoms with Crippen LogP contribution in [0, 0.1) is 19.8 Å². The maximum atomic E-state index is 3.30. The molecule has 82 valence electrons. The van der Waals surface area contributed by atoms with Gasteiger partial charge in [0.1, 0.15) is 0 Å². The molecule has 1 aliphatic rings. The molecule has 1 fully saturated rings. The van der Waals surface area contributed by atoms with Crippen LogP contribution in [-0.2, 0) is 0 Å². The second-order valence-electron chi connectivity index (χ2n) is 4.86. The van der Waals surface area contributed by atoms with Crippen molar-refractivity contribution in [2.45, 2.75) is 32.6 Å². The number of nitrogens with one attached hydrogen (secondary N) is 1. The van der Waals surface area contributed by atoms with Gasteiger partial charge < -0.3 is 5.32 Å². The van der Waals surface area contributed by atoms with E-state index in [-0.39, 0.29) is 0 Å². The highest BCUT2D eigenvalue weighted by atomic mass is 14.8. The second kappa shape index (κ2) is 4.36. The molecule has 1 nitrogen and oxygen atoms in total. The molecule has 1 aromatic rings. The van der Waals surface area contributed by atoms with Crippen LogP contribution in [0.4, 0.5) is 0 Å². The van der Waals surface area contributed by atoms with E-state index in [0.29, 0.717) is 0 Å². The van der Waals surface area contributed by atoms with E-state index >= 15 is 0 Å². The largest absolute Gasteiger partial charge is 0.319 e. The molecule has 15 heavy (non-hydrogen) atoms. The van der Waals surface area contributed by atoms with Crippen LogP contribution in [0.15, 0.2) is 18.2 Å². The number of rotatable bonds is 3. The standard InChI is InChI=1S/C14H21N/c1-10-4-6-13(11(2)8-10)14-7-5-12(14)9-15-3/h4,6,8,12,14-15H,5,7,9H2,1-3H3. The third-order valence-electron chi connectivity index (χ3n) is 3.71. The van der Waals surface area contributed by atoms with Gasteiger partial charge in [-0.2, -0.15) is 0 Å². The maximum Gasteiger partial charge on any atom is -0.00177 e. The van der Waals surface area contributed by atoms with Crippen LogP contribution in [0.1, 0.15) is 35.4 Å². The first-order valence-electron chi connectivity index (χ1n) is 5.94. The molecule has 0 spiro atoms. The Balaban J connectivity index is 2.15. The number of benzene rings is 1. The minimum Gasteiger partial charge on any atom is -0.319 e. The van der Waals surface area contributed by atoms with E-state index in [1.165, 1.54) is 24.0 Å². The fourth-order valence-corrected chi connectivity index (χ4v) is 2.73. The van der Waals surface area contributed by atoms with Crippen LogP contribution in [0.2, 0.25) is 0 Å².